The van der Waals surface area contributed by atoms with Gasteiger partial charge in [0.25, 0.3) is 0 Å². The highest BCUT2D eigenvalue weighted by Gasteiger charge is 2.33. The number of hydrogen-bond acceptors (Lipinski definition) is 6. The molecule has 1 heterocycles. The summed E-state index contributed by atoms with van der Waals surface area (Å²) in [4.78, 5) is 12.7. The van der Waals surface area contributed by atoms with Gasteiger partial charge in [0, 0.05) is 36.9 Å². The van der Waals surface area contributed by atoms with E-state index in [-0.39, 0.29) is 47.2 Å². The molecule has 0 unspecified atom stereocenters. The number of halogens is 2. The summed E-state index contributed by atoms with van der Waals surface area (Å²) in [5.74, 6) is -1.70. The zero-order valence-electron chi connectivity index (χ0n) is 21.0. The van der Waals surface area contributed by atoms with Crippen molar-refractivity contribution in [3.05, 3.63) is 54.1 Å². The molecule has 0 radical (unpaired) electrons. The number of sulfone groups is 1. The number of ether oxygens (including phenoxy) is 1. The lowest BCUT2D eigenvalue weighted by atomic mass is 9.86. The monoisotopic (exact) mass is 558 g/mol. The number of piperidine rings is 1. The summed E-state index contributed by atoms with van der Waals surface area (Å²) in [5.41, 5.74) is -0.736. The first-order valence-corrected chi connectivity index (χ1v) is 15.2. The number of carbonyl (C=O) groups excluding carboxylic acids is 1. The Morgan fingerprint density at radius 1 is 1.05 bits per heavy atom. The van der Waals surface area contributed by atoms with Crippen LogP contribution in [-0.2, 0) is 24.7 Å². The van der Waals surface area contributed by atoms with E-state index in [0.29, 0.717) is 25.7 Å². The minimum atomic E-state index is -3.87. The van der Waals surface area contributed by atoms with Gasteiger partial charge in [-0.15, -0.1) is 0 Å². The highest BCUT2D eigenvalue weighted by atomic mass is 32.2. The maximum Gasteiger partial charge on any atom is 0.243 e. The van der Waals surface area contributed by atoms with Crippen molar-refractivity contribution in [1.82, 2.24) is 9.62 Å². The average Bonchev–Trinajstić information content (AvgIpc) is 2.83. The molecule has 2 aromatic rings. The second-order valence-corrected chi connectivity index (χ2v) is 13.8. The van der Waals surface area contributed by atoms with E-state index in [9.17, 15) is 30.4 Å². The Kier molecular flexibility index (Phi) is 8.97. The molecule has 1 fully saturated rings. The van der Waals surface area contributed by atoms with Gasteiger partial charge in [0.05, 0.1) is 16.4 Å². The van der Waals surface area contributed by atoms with Crippen molar-refractivity contribution in [1.29, 1.82) is 0 Å². The van der Waals surface area contributed by atoms with Crippen LogP contribution in [0.2, 0.25) is 0 Å². The normalized spacial score (nSPS) is 15.9. The number of benzene rings is 2. The average molecular weight is 559 g/mol. The number of nitrogens with zero attached hydrogens (tertiary/aromatic N) is 1. The summed E-state index contributed by atoms with van der Waals surface area (Å²) in [6.07, 6.45) is 2.79. The van der Waals surface area contributed by atoms with Crippen LogP contribution in [0.5, 0.6) is 5.75 Å². The van der Waals surface area contributed by atoms with Gasteiger partial charge >= 0.3 is 0 Å². The second-order valence-electron chi connectivity index (χ2n) is 9.81. The Balaban J connectivity index is 1.49. The van der Waals surface area contributed by atoms with Gasteiger partial charge in [0.1, 0.15) is 5.82 Å². The van der Waals surface area contributed by atoms with Crippen LogP contribution in [0.25, 0.3) is 0 Å². The van der Waals surface area contributed by atoms with Crippen LogP contribution < -0.4 is 10.1 Å². The van der Waals surface area contributed by atoms with E-state index in [1.807, 2.05) is 0 Å². The molecule has 3 rings (SSSR count). The Labute approximate surface area is 217 Å². The molecule has 0 spiro atoms. The largest absolute Gasteiger partial charge is 0.491 e. The summed E-state index contributed by atoms with van der Waals surface area (Å²) in [6, 6.07) is 8.16. The molecular weight excluding hydrogens is 526 g/mol. The van der Waals surface area contributed by atoms with Crippen molar-refractivity contribution in [3.63, 3.8) is 0 Å². The topological polar surface area (TPSA) is 110 Å². The predicted molar refractivity (Wildman–Crippen MR) is 134 cm³/mol. The third kappa shape index (κ3) is 7.48. The van der Waals surface area contributed by atoms with E-state index in [1.165, 1.54) is 28.6 Å². The van der Waals surface area contributed by atoms with Gasteiger partial charge in [-0.05, 0) is 56.0 Å². The third-order valence-electron chi connectivity index (χ3n) is 6.37. The van der Waals surface area contributed by atoms with Gasteiger partial charge in [-0.25, -0.2) is 25.6 Å². The number of carbonyl (C=O) groups is 1. The van der Waals surface area contributed by atoms with Gasteiger partial charge in [-0.1, -0.05) is 19.9 Å². The van der Waals surface area contributed by atoms with Crippen molar-refractivity contribution in [2.24, 2.45) is 5.41 Å². The molecule has 0 aliphatic carbocycles. The lowest BCUT2D eigenvalue weighted by Crippen LogP contribution is -2.49. The Morgan fingerprint density at radius 3 is 2.32 bits per heavy atom. The van der Waals surface area contributed by atoms with E-state index in [0.717, 1.165) is 24.5 Å². The van der Waals surface area contributed by atoms with E-state index in [2.05, 4.69) is 5.32 Å². The first-order chi connectivity index (χ1) is 17.2. The fraction of sp³-hybridized carbons (Fsp3) is 0.480. The molecule has 1 saturated heterocycles. The van der Waals surface area contributed by atoms with Gasteiger partial charge in [-0.3, -0.25) is 4.79 Å². The quantitative estimate of drug-likeness (QED) is 0.447. The molecule has 1 aliphatic rings. The van der Waals surface area contributed by atoms with Crippen molar-refractivity contribution in [2.75, 3.05) is 26.0 Å². The van der Waals surface area contributed by atoms with Crippen LogP contribution in [-0.4, -0.2) is 59.0 Å². The van der Waals surface area contributed by atoms with Crippen molar-refractivity contribution in [3.8, 4) is 5.75 Å². The second kappa shape index (κ2) is 11.4. The van der Waals surface area contributed by atoms with E-state index in [1.54, 1.807) is 13.8 Å². The van der Waals surface area contributed by atoms with Gasteiger partial charge in [-0.2, -0.15) is 4.31 Å². The van der Waals surface area contributed by atoms with Crippen LogP contribution in [0.3, 0.4) is 0 Å². The van der Waals surface area contributed by atoms with Crippen LogP contribution in [0.15, 0.2) is 52.3 Å². The summed E-state index contributed by atoms with van der Waals surface area (Å²) in [5, 5.41) is 2.99. The predicted octanol–water partition coefficient (Wildman–Crippen LogP) is 3.52. The molecule has 1 aliphatic heterocycles. The van der Waals surface area contributed by atoms with Gasteiger partial charge in [0.2, 0.25) is 15.9 Å². The van der Waals surface area contributed by atoms with Crippen molar-refractivity contribution >= 4 is 25.8 Å². The van der Waals surface area contributed by atoms with Gasteiger partial charge in [0.15, 0.2) is 21.4 Å². The number of sulfonamides is 1. The van der Waals surface area contributed by atoms with E-state index < -0.39 is 36.9 Å². The molecule has 0 saturated carbocycles. The Bertz CT molecular complexity index is 1340. The molecular formula is C25H32F2N2O6S2. The Hall–Kier alpha value is -2.57. The first kappa shape index (κ1) is 29.0. The maximum atomic E-state index is 13.7. The summed E-state index contributed by atoms with van der Waals surface area (Å²) in [6.45, 7) is 4.11. The summed E-state index contributed by atoms with van der Waals surface area (Å²) < 4.78 is 83.0. The zero-order valence-corrected chi connectivity index (χ0v) is 22.7. The van der Waals surface area contributed by atoms with Crippen LogP contribution in [0.1, 0.15) is 39.5 Å². The van der Waals surface area contributed by atoms with E-state index >= 15 is 0 Å². The molecule has 1 N–H and O–H groups in total. The number of rotatable bonds is 10. The van der Waals surface area contributed by atoms with Crippen LogP contribution in [0.4, 0.5) is 8.78 Å². The standard InChI is InChI=1S/C25H32F2N2O6S2/c1-25(2,12-5-15-35-23-9-8-18(26)16-22(23)27)24(30)28-19-10-13-29(14-11-19)37(33,34)21-7-4-6-20(17-21)36(3,31)32/h4,6-9,16-17,19H,5,10-15H2,1-3H3,(H,28,30). The highest BCUT2D eigenvalue weighted by molar-refractivity contribution is 7.91. The molecule has 2 aromatic carbocycles. The number of nitrogens with one attached hydrogen (secondary N) is 1. The van der Waals surface area contributed by atoms with Crippen molar-refractivity contribution < 1.29 is 35.1 Å². The Morgan fingerprint density at radius 2 is 1.70 bits per heavy atom. The minimum Gasteiger partial charge on any atom is -0.491 e. The van der Waals surface area contributed by atoms with E-state index in [4.69, 9.17) is 4.74 Å². The lowest BCUT2D eigenvalue weighted by Gasteiger charge is -2.34. The molecule has 8 nitrogen and oxygen atoms in total. The lowest BCUT2D eigenvalue weighted by molar-refractivity contribution is -0.130. The fourth-order valence-corrected chi connectivity index (χ4v) is 6.30. The summed E-state index contributed by atoms with van der Waals surface area (Å²) >= 11 is 0. The molecule has 204 valence electrons. The zero-order chi connectivity index (χ0) is 27.4. The third-order valence-corrected chi connectivity index (χ3v) is 9.38. The molecule has 0 atom stereocenters. The summed E-state index contributed by atoms with van der Waals surface area (Å²) in [7, 11) is -7.42. The SMILES string of the molecule is CC(C)(CCCOc1ccc(F)cc1F)C(=O)NC1CCN(S(=O)(=O)c2cccc(S(C)(=O)=O)c2)CC1. The minimum absolute atomic E-state index is 0.0478. The van der Waals surface area contributed by atoms with Crippen LogP contribution >= 0.6 is 0 Å². The molecule has 1 amide bonds. The maximum absolute atomic E-state index is 13.7. The molecule has 12 heteroatoms. The number of hydrogen-bond donors (Lipinski definition) is 1. The highest BCUT2D eigenvalue weighted by Crippen LogP contribution is 2.26. The fourth-order valence-electron chi connectivity index (χ4n) is 4.04. The molecule has 37 heavy (non-hydrogen) atoms. The smallest absolute Gasteiger partial charge is 0.243 e. The van der Waals surface area contributed by atoms with Crippen LogP contribution in [0, 0.1) is 17.0 Å². The molecule has 0 bridgehead atoms. The van der Waals surface area contributed by atoms with Crippen molar-refractivity contribution in [2.45, 2.75) is 55.4 Å². The molecule has 0 aromatic heterocycles. The van der Waals surface area contributed by atoms with Gasteiger partial charge < -0.3 is 10.1 Å². The number of amides is 1. The first-order valence-electron chi connectivity index (χ1n) is 11.9.